The highest BCUT2D eigenvalue weighted by atomic mass is 35.5. The van der Waals surface area contributed by atoms with Gasteiger partial charge >= 0.3 is 0 Å². The molecule has 0 unspecified atom stereocenters. The van der Waals surface area contributed by atoms with Gasteiger partial charge in [-0.15, -0.1) is 18.2 Å². The third-order valence-electron chi connectivity index (χ3n) is 1.95. The lowest BCUT2D eigenvalue weighted by molar-refractivity contribution is 0.400. The van der Waals surface area contributed by atoms with Gasteiger partial charge in [0, 0.05) is 5.88 Å². The van der Waals surface area contributed by atoms with Crippen LogP contribution >= 0.6 is 11.6 Å². The second kappa shape index (κ2) is 10.00. The van der Waals surface area contributed by atoms with E-state index in [1.807, 2.05) is 6.08 Å². The predicted octanol–water partition coefficient (Wildman–Crippen LogP) is 6.44. The summed E-state index contributed by atoms with van der Waals surface area (Å²) in [5.41, 5.74) is 0.851. The Bertz CT molecular complexity index is 164. The number of hydrogen-bond donors (Lipinski definition) is 0. The Morgan fingerprint density at radius 3 is 1.35 bits per heavy atom. The molecule has 0 bridgehead atoms. The summed E-state index contributed by atoms with van der Waals surface area (Å²) in [7, 11) is 0. The van der Waals surface area contributed by atoms with E-state index in [4.69, 9.17) is 11.6 Å². The predicted molar refractivity (Wildman–Crippen MR) is 82.9 cm³/mol. The minimum Gasteiger partial charge on any atom is -0.127 e. The van der Waals surface area contributed by atoms with Gasteiger partial charge in [-0.2, -0.15) is 0 Å². The third kappa shape index (κ3) is 38.7. The van der Waals surface area contributed by atoms with E-state index in [0.717, 1.165) is 18.7 Å². The maximum Gasteiger partial charge on any atom is 0.0228 e. The zero-order chi connectivity index (χ0) is 13.9. The van der Waals surface area contributed by atoms with Crippen molar-refractivity contribution in [1.29, 1.82) is 0 Å². The summed E-state index contributed by atoms with van der Waals surface area (Å²) < 4.78 is 0. The van der Waals surface area contributed by atoms with Gasteiger partial charge in [0.25, 0.3) is 0 Å². The molecule has 0 aromatic carbocycles. The molecule has 1 saturated carbocycles. The summed E-state index contributed by atoms with van der Waals surface area (Å²) >= 11 is 5.49. The molecular formula is C16H33Cl. The van der Waals surface area contributed by atoms with Gasteiger partial charge in [-0.1, -0.05) is 66.9 Å². The molecule has 0 saturated heterocycles. The lowest BCUT2D eigenvalue weighted by Crippen LogP contribution is -2.04. The SMILES string of the molecule is C1CC1.C=CCC(C)(C)C.CC(C)(C)CCCl. The summed E-state index contributed by atoms with van der Waals surface area (Å²) in [5, 5.41) is 0. The Morgan fingerprint density at radius 2 is 1.35 bits per heavy atom. The van der Waals surface area contributed by atoms with Gasteiger partial charge in [-0.05, 0) is 23.7 Å². The maximum atomic E-state index is 5.49. The Hall–Kier alpha value is 0.0300. The average Bonchev–Trinajstić information content (AvgIpc) is 2.84. The van der Waals surface area contributed by atoms with E-state index in [9.17, 15) is 0 Å². The molecule has 0 nitrogen and oxygen atoms in total. The number of hydrogen-bond acceptors (Lipinski definition) is 0. The molecule has 0 aromatic heterocycles. The first-order valence-corrected chi connectivity index (χ1v) is 7.33. The number of rotatable bonds is 2. The van der Waals surface area contributed by atoms with E-state index in [2.05, 4.69) is 48.1 Å². The van der Waals surface area contributed by atoms with Crippen LogP contribution < -0.4 is 0 Å². The minimum absolute atomic E-state index is 0.418. The van der Waals surface area contributed by atoms with Crippen LogP contribution in [0.3, 0.4) is 0 Å². The lowest BCUT2D eigenvalue weighted by atomic mass is 9.93. The van der Waals surface area contributed by atoms with E-state index < -0.39 is 0 Å². The Balaban J connectivity index is 0. The first-order chi connectivity index (χ1) is 7.62. The van der Waals surface area contributed by atoms with Crippen molar-refractivity contribution in [2.75, 3.05) is 5.88 Å². The molecule has 0 radical (unpaired) electrons. The van der Waals surface area contributed by atoms with Crippen LogP contribution in [-0.2, 0) is 0 Å². The van der Waals surface area contributed by atoms with Gasteiger partial charge in [-0.3, -0.25) is 0 Å². The van der Waals surface area contributed by atoms with Crippen molar-refractivity contribution >= 4 is 11.6 Å². The van der Waals surface area contributed by atoms with Crippen molar-refractivity contribution < 1.29 is 0 Å². The third-order valence-corrected chi connectivity index (χ3v) is 2.14. The molecule has 0 atom stereocenters. The smallest absolute Gasteiger partial charge is 0.0228 e. The van der Waals surface area contributed by atoms with Crippen LogP contribution in [0.25, 0.3) is 0 Å². The second-order valence-electron chi connectivity index (χ2n) is 7.11. The van der Waals surface area contributed by atoms with Crippen LogP contribution in [0.5, 0.6) is 0 Å². The fourth-order valence-corrected chi connectivity index (χ4v) is 1.28. The van der Waals surface area contributed by atoms with Crippen molar-refractivity contribution in [3.8, 4) is 0 Å². The molecule has 1 fully saturated rings. The highest BCUT2D eigenvalue weighted by molar-refractivity contribution is 6.17. The van der Waals surface area contributed by atoms with Crippen molar-refractivity contribution in [1.82, 2.24) is 0 Å². The fraction of sp³-hybridized carbons (Fsp3) is 0.875. The van der Waals surface area contributed by atoms with Gasteiger partial charge in [0.1, 0.15) is 0 Å². The molecular weight excluding hydrogens is 228 g/mol. The Labute approximate surface area is 115 Å². The molecule has 104 valence electrons. The summed E-state index contributed by atoms with van der Waals surface area (Å²) in [6.45, 7) is 16.8. The first kappa shape index (κ1) is 19.4. The van der Waals surface area contributed by atoms with Crippen molar-refractivity contribution in [2.24, 2.45) is 10.8 Å². The summed E-state index contributed by atoms with van der Waals surface area (Å²) in [5.74, 6) is 0.781. The molecule has 1 aliphatic carbocycles. The van der Waals surface area contributed by atoms with E-state index in [1.165, 1.54) is 19.3 Å². The highest BCUT2D eigenvalue weighted by Gasteiger charge is 2.07. The molecule has 1 aliphatic rings. The quantitative estimate of drug-likeness (QED) is 0.396. The minimum atomic E-state index is 0.418. The Kier molecular flexibility index (Phi) is 11.4. The highest BCUT2D eigenvalue weighted by Crippen LogP contribution is 2.18. The second-order valence-corrected chi connectivity index (χ2v) is 7.49. The number of alkyl halides is 1. The summed E-state index contributed by atoms with van der Waals surface area (Å²) in [6, 6.07) is 0. The van der Waals surface area contributed by atoms with Gasteiger partial charge in [0.15, 0.2) is 0 Å². The standard InChI is InChI=1S/C7H14.C6H13Cl.C3H6/c1-5-6-7(2,3)4;1-6(2,3)4-5-7;1-2-3-1/h5H,1,6H2,2-4H3;4-5H2,1-3H3;1-3H2. The number of allylic oxidation sites excluding steroid dienone is 1. The van der Waals surface area contributed by atoms with Crippen LogP contribution in [0.2, 0.25) is 0 Å². The van der Waals surface area contributed by atoms with Gasteiger partial charge in [0.05, 0.1) is 0 Å². The summed E-state index contributed by atoms with van der Waals surface area (Å²) in [6.07, 6.45) is 8.67. The first-order valence-electron chi connectivity index (χ1n) is 6.79. The molecule has 1 heteroatoms. The molecule has 0 heterocycles. The van der Waals surface area contributed by atoms with Gasteiger partial charge in [0.2, 0.25) is 0 Å². The largest absolute Gasteiger partial charge is 0.127 e. The number of halogens is 1. The molecule has 0 aliphatic heterocycles. The molecule has 0 amide bonds. The van der Waals surface area contributed by atoms with Gasteiger partial charge in [-0.25, -0.2) is 0 Å². The van der Waals surface area contributed by atoms with Crippen molar-refractivity contribution in [3.63, 3.8) is 0 Å². The summed E-state index contributed by atoms with van der Waals surface area (Å²) in [4.78, 5) is 0. The normalized spacial score (nSPS) is 13.8. The van der Waals surface area contributed by atoms with E-state index in [0.29, 0.717) is 10.8 Å². The van der Waals surface area contributed by atoms with Crippen LogP contribution in [-0.4, -0.2) is 5.88 Å². The van der Waals surface area contributed by atoms with Crippen LogP contribution in [0.4, 0.5) is 0 Å². The van der Waals surface area contributed by atoms with E-state index in [-0.39, 0.29) is 0 Å². The topological polar surface area (TPSA) is 0 Å². The van der Waals surface area contributed by atoms with Crippen molar-refractivity contribution in [3.05, 3.63) is 12.7 Å². The van der Waals surface area contributed by atoms with Crippen molar-refractivity contribution in [2.45, 2.75) is 73.6 Å². The van der Waals surface area contributed by atoms with Crippen LogP contribution in [0, 0.1) is 10.8 Å². The van der Waals surface area contributed by atoms with Crippen LogP contribution in [0.1, 0.15) is 73.6 Å². The van der Waals surface area contributed by atoms with E-state index >= 15 is 0 Å². The average molecular weight is 261 g/mol. The molecule has 0 spiro atoms. The Morgan fingerprint density at radius 1 is 0.941 bits per heavy atom. The zero-order valence-electron chi connectivity index (χ0n) is 12.9. The van der Waals surface area contributed by atoms with E-state index in [1.54, 1.807) is 0 Å². The fourth-order valence-electron chi connectivity index (χ4n) is 0.716. The lowest BCUT2D eigenvalue weighted by Gasteiger charge is -2.14. The molecule has 17 heavy (non-hydrogen) atoms. The monoisotopic (exact) mass is 260 g/mol. The maximum absolute atomic E-state index is 5.49. The molecule has 0 aromatic rings. The van der Waals surface area contributed by atoms with Crippen LogP contribution in [0.15, 0.2) is 12.7 Å². The molecule has 0 N–H and O–H groups in total. The van der Waals surface area contributed by atoms with Gasteiger partial charge < -0.3 is 0 Å². The zero-order valence-corrected chi connectivity index (χ0v) is 13.7. The molecule has 1 rings (SSSR count).